The second-order valence-corrected chi connectivity index (χ2v) is 5.07. The average Bonchev–Trinajstić information content (AvgIpc) is 2.78. The third kappa shape index (κ3) is 2.44. The van der Waals surface area contributed by atoms with Crippen LogP contribution in [-0.4, -0.2) is 28.4 Å². The van der Waals surface area contributed by atoms with Crippen molar-refractivity contribution in [1.82, 2.24) is 0 Å². The number of rotatable bonds is 4. The third-order valence-corrected chi connectivity index (χ3v) is 3.91. The van der Waals surface area contributed by atoms with Crippen LogP contribution in [0.5, 0.6) is 23.0 Å². The van der Waals surface area contributed by atoms with Crippen molar-refractivity contribution in [2.75, 3.05) is 28.4 Å². The summed E-state index contributed by atoms with van der Waals surface area (Å²) in [7, 11) is 6.50. The molecule has 0 unspecified atom stereocenters. The summed E-state index contributed by atoms with van der Waals surface area (Å²) in [6.45, 7) is 0. The van der Waals surface area contributed by atoms with Crippen LogP contribution in [0.1, 0.15) is 11.1 Å². The minimum absolute atomic E-state index is 0.581. The van der Waals surface area contributed by atoms with E-state index in [4.69, 9.17) is 18.9 Å². The molecule has 0 atom stereocenters. The van der Waals surface area contributed by atoms with Crippen LogP contribution in [0.25, 0.3) is 11.1 Å². The molecule has 0 radical (unpaired) electrons. The van der Waals surface area contributed by atoms with Crippen molar-refractivity contribution in [2.24, 2.45) is 0 Å². The fourth-order valence-electron chi connectivity index (χ4n) is 2.85. The maximum absolute atomic E-state index is 5.65. The highest BCUT2D eigenvalue weighted by Gasteiger charge is 2.24. The first-order valence-corrected chi connectivity index (χ1v) is 7.22. The molecule has 0 saturated carbocycles. The lowest BCUT2D eigenvalue weighted by Crippen LogP contribution is -2.01. The van der Waals surface area contributed by atoms with Gasteiger partial charge in [0.05, 0.1) is 28.4 Å². The molecule has 0 aromatic heterocycles. The summed E-state index contributed by atoms with van der Waals surface area (Å²) in [5.41, 5.74) is 3.94. The molecule has 0 fully saturated rings. The second kappa shape index (κ2) is 6.13. The van der Waals surface area contributed by atoms with Gasteiger partial charge in [-0.15, -0.1) is 0 Å². The first kappa shape index (κ1) is 15.1. The Morgan fingerprint density at radius 2 is 1.65 bits per heavy atom. The molecule has 1 aliphatic rings. The van der Waals surface area contributed by atoms with Crippen molar-refractivity contribution >= 4 is 0 Å². The van der Waals surface area contributed by atoms with Crippen molar-refractivity contribution in [3.63, 3.8) is 0 Å². The van der Waals surface area contributed by atoms with Crippen LogP contribution in [0.15, 0.2) is 24.3 Å². The van der Waals surface area contributed by atoms with E-state index in [2.05, 4.69) is 11.8 Å². The molecule has 0 bridgehead atoms. The van der Waals surface area contributed by atoms with E-state index in [1.165, 1.54) is 0 Å². The monoisotopic (exact) mass is 310 g/mol. The van der Waals surface area contributed by atoms with Crippen molar-refractivity contribution in [3.8, 4) is 46.0 Å². The van der Waals surface area contributed by atoms with E-state index in [-0.39, 0.29) is 0 Å². The molecule has 0 amide bonds. The van der Waals surface area contributed by atoms with Crippen LogP contribution in [0.4, 0.5) is 0 Å². The Morgan fingerprint density at radius 3 is 2.30 bits per heavy atom. The lowest BCUT2D eigenvalue weighted by molar-refractivity contribution is 0.325. The fraction of sp³-hybridized carbons (Fsp3) is 0.263. The molecular weight excluding hydrogens is 292 g/mol. The van der Waals surface area contributed by atoms with Crippen LogP contribution in [0.2, 0.25) is 0 Å². The van der Waals surface area contributed by atoms with E-state index in [0.717, 1.165) is 28.0 Å². The smallest absolute Gasteiger partial charge is 0.203 e. The highest BCUT2D eigenvalue weighted by atomic mass is 16.5. The Kier molecular flexibility index (Phi) is 4.03. The van der Waals surface area contributed by atoms with E-state index in [1.54, 1.807) is 28.4 Å². The molecule has 0 spiro atoms. The topological polar surface area (TPSA) is 36.9 Å². The summed E-state index contributed by atoms with van der Waals surface area (Å²) in [5.74, 6) is 9.05. The summed E-state index contributed by atoms with van der Waals surface area (Å²) in [5, 5.41) is 0. The minimum Gasteiger partial charge on any atom is -0.497 e. The zero-order chi connectivity index (χ0) is 16.4. The molecule has 0 N–H and O–H groups in total. The minimum atomic E-state index is 0.581. The SMILES string of the molecule is COc1ccc2c(c1)C#CCc1cc(OC)c(OC)c(OC)c1-2. The van der Waals surface area contributed by atoms with Crippen molar-refractivity contribution in [1.29, 1.82) is 0 Å². The molecule has 4 heteroatoms. The molecule has 0 heterocycles. The van der Waals surface area contributed by atoms with E-state index in [0.29, 0.717) is 23.7 Å². The fourth-order valence-corrected chi connectivity index (χ4v) is 2.85. The summed E-state index contributed by atoms with van der Waals surface area (Å²) in [6.07, 6.45) is 0.614. The van der Waals surface area contributed by atoms with Gasteiger partial charge >= 0.3 is 0 Å². The normalized spacial score (nSPS) is 11.3. The number of fused-ring (bicyclic) bond motifs is 3. The second-order valence-electron chi connectivity index (χ2n) is 5.07. The van der Waals surface area contributed by atoms with E-state index in [9.17, 15) is 0 Å². The Hall–Kier alpha value is -2.80. The number of methoxy groups -OCH3 is 4. The maximum Gasteiger partial charge on any atom is 0.203 e. The van der Waals surface area contributed by atoms with Gasteiger partial charge in [0.1, 0.15) is 5.75 Å². The largest absolute Gasteiger partial charge is 0.497 e. The van der Waals surface area contributed by atoms with Crippen LogP contribution < -0.4 is 18.9 Å². The van der Waals surface area contributed by atoms with Gasteiger partial charge < -0.3 is 18.9 Å². The van der Waals surface area contributed by atoms with Gasteiger partial charge in [0.25, 0.3) is 0 Å². The van der Waals surface area contributed by atoms with Gasteiger partial charge in [0.15, 0.2) is 11.5 Å². The molecule has 4 nitrogen and oxygen atoms in total. The Bertz CT molecular complexity index is 812. The van der Waals surface area contributed by atoms with Crippen LogP contribution >= 0.6 is 0 Å². The molecule has 0 aliphatic heterocycles. The standard InChI is InChI=1S/C19H18O4/c1-20-14-8-9-15-12(10-14)6-5-7-13-11-16(21-2)18(22-3)19(23-4)17(13)15/h8-11H,7H2,1-4H3. The Balaban J connectivity index is 2.34. The van der Waals surface area contributed by atoms with Gasteiger partial charge in [-0.25, -0.2) is 0 Å². The quantitative estimate of drug-likeness (QED) is 0.812. The number of hydrogen-bond donors (Lipinski definition) is 0. The van der Waals surface area contributed by atoms with Gasteiger partial charge in [0, 0.05) is 23.1 Å². The Morgan fingerprint density at radius 1 is 0.870 bits per heavy atom. The zero-order valence-corrected chi connectivity index (χ0v) is 13.6. The third-order valence-electron chi connectivity index (χ3n) is 3.91. The molecule has 1 aliphatic carbocycles. The molecule has 118 valence electrons. The summed E-state index contributed by atoms with van der Waals surface area (Å²) < 4.78 is 21.9. The molecular formula is C19H18O4. The van der Waals surface area contributed by atoms with Crippen molar-refractivity contribution in [3.05, 3.63) is 35.4 Å². The van der Waals surface area contributed by atoms with Crippen LogP contribution in [0.3, 0.4) is 0 Å². The molecule has 3 rings (SSSR count). The van der Waals surface area contributed by atoms with Gasteiger partial charge in [-0.05, 0) is 29.8 Å². The number of benzene rings is 2. The highest BCUT2D eigenvalue weighted by Crippen LogP contribution is 2.48. The molecule has 2 aromatic rings. The van der Waals surface area contributed by atoms with Gasteiger partial charge in [-0.1, -0.05) is 11.8 Å². The van der Waals surface area contributed by atoms with Crippen LogP contribution in [-0.2, 0) is 6.42 Å². The lowest BCUT2D eigenvalue weighted by Gasteiger charge is -2.19. The van der Waals surface area contributed by atoms with E-state index in [1.807, 2.05) is 24.3 Å². The molecule has 0 saturated heterocycles. The maximum atomic E-state index is 5.65. The Labute approximate surface area is 135 Å². The van der Waals surface area contributed by atoms with Crippen molar-refractivity contribution < 1.29 is 18.9 Å². The van der Waals surface area contributed by atoms with E-state index < -0.39 is 0 Å². The summed E-state index contributed by atoms with van der Waals surface area (Å²) in [4.78, 5) is 0. The lowest BCUT2D eigenvalue weighted by atomic mass is 9.94. The summed E-state index contributed by atoms with van der Waals surface area (Å²) in [6, 6.07) is 7.82. The van der Waals surface area contributed by atoms with Gasteiger partial charge in [-0.2, -0.15) is 0 Å². The van der Waals surface area contributed by atoms with Crippen LogP contribution in [0, 0.1) is 11.8 Å². The molecule has 2 aromatic carbocycles. The highest BCUT2D eigenvalue weighted by molar-refractivity contribution is 5.85. The first-order valence-electron chi connectivity index (χ1n) is 7.22. The van der Waals surface area contributed by atoms with E-state index >= 15 is 0 Å². The predicted molar refractivity (Wildman–Crippen MR) is 88.7 cm³/mol. The zero-order valence-electron chi connectivity index (χ0n) is 13.6. The molecule has 23 heavy (non-hydrogen) atoms. The van der Waals surface area contributed by atoms with Gasteiger partial charge in [-0.3, -0.25) is 0 Å². The van der Waals surface area contributed by atoms with Gasteiger partial charge in [0.2, 0.25) is 5.75 Å². The van der Waals surface area contributed by atoms with Crippen molar-refractivity contribution in [2.45, 2.75) is 6.42 Å². The first-order chi connectivity index (χ1) is 11.2. The average molecular weight is 310 g/mol. The number of ether oxygens (including phenoxy) is 4. The summed E-state index contributed by atoms with van der Waals surface area (Å²) >= 11 is 0. The predicted octanol–water partition coefficient (Wildman–Crippen LogP) is 3.30. The number of hydrogen-bond acceptors (Lipinski definition) is 4.